The van der Waals surface area contributed by atoms with Gasteiger partial charge >= 0.3 is 0 Å². The summed E-state index contributed by atoms with van der Waals surface area (Å²) >= 11 is 0. The molecule has 0 aromatic rings. The first-order valence-corrected chi connectivity index (χ1v) is 6.48. The highest BCUT2D eigenvalue weighted by atomic mass is 28.3. The van der Waals surface area contributed by atoms with Crippen LogP contribution in [0.25, 0.3) is 0 Å². The zero-order valence-electron chi connectivity index (χ0n) is 6.44. The maximum absolute atomic E-state index is 2.40. The van der Waals surface area contributed by atoms with Crippen molar-refractivity contribution in [1.82, 2.24) is 0 Å². The maximum atomic E-state index is 2.40. The Hall–Kier alpha value is 0.131. The highest BCUT2D eigenvalue weighted by Crippen LogP contribution is 2.27. The Bertz CT molecular complexity index is 162. The van der Waals surface area contributed by atoms with Gasteiger partial charge in [0, 0.05) is 30.7 Å². The van der Waals surface area contributed by atoms with Gasteiger partial charge in [-0.2, -0.15) is 0 Å². The van der Waals surface area contributed by atoms with Crippen LogP contribution in [0.5, 0.6) is 0 Å². The van der Waals surface area contributed by atoms with Crippen LogP contribution < -0.4 is 0 Å². The van der Waals surface area contributed by atoms with Crippen molar-refractivity contribution < 1.29 is 0 Å². The van der Waals surface area contributed by atoms with E-state index in [9.17, 15) is 0 Å². The van der Waals surface area contributed by atoms with Gasteiger partial charge in [-0.1, -0.05) is 23.8 Å². The lowest BCUT2D eigenvalue weighted by atomic mass is 10.3. The zero-order valence-corrected chi connectivity index (χ0v) is 12.4. The van der Waals surface area contributed by atoms with Crippen molar-refractivity contribution in [3.05, 3.63) is 23.8 Å². The number of hydrogen-bond donors (Lipinski definition) is 0. The summed E-state index contributed by atoms with van der Waals surface area (Å²) in [5.41, 5.74) is 1.66. The molecular formula is C6H14Si3. The van der Waals surface area contributed by atoms with Crippen molar-refractivity contribution in [2.24, 2.45) is 0 Å². The van der Waals surface area contributed by atoms with Crippen LogP contribution in [0, 0.1) is 0 Å². The highest BCUT2D eigenvalue weighted by Gasteiger charge is 2.15. The van der Waals surface area contributed by atoms with Gasteiger partial charge in [0.15, 0.2) is 0 Å². The molecule has 0 unspecified atom stereocenters. The van der Waals surface area contributed by atoms with Crippen molar-refractivity contribution in [3.8, 4) is 0 Å². The average molecular weight is 170 g/mol. The lowest BCUT2D eigenvalue weighted by Gasteiger charge is -2.17. The number of rotatable bonds is 1. The van der Waals surface area contributed by atoms with Gasteiger partial charge in [-0.15, -0.1) is 0 Å². The van der Waals surface area contributed by atoms with E-state index in [1.165, 1.54) is 37.1 Å². The standard InChI is InChI=1S/C6H14Si3/c7-6(8,9)5-3-1-2-4-5/h1,3-4H,2H2,7-9H3. The third kappa shape index (κ3) is 1.77. The smallest absolute Gasteiger partial charge is 0.00731 e. The molecule has 0 saturated carbocycles. The van der Waals surface area contributed by atoms with Crippen molar-refractivity contribution in [1.29, 1.82) is 0 Å². The molecule has 50 valence electrons. The molecule has 0 spiro atoms. The van der Waals surface area contributed by atoms with E-state index < -0.39 is 0 Å². The van der Waals surface area contributed by atoms with Gasteiger partial charge in [-0.3, -0.25) is 0 Å². The van der Waals surface area contributed by atoms with E-state index in [1.54, 1.807) is 5.57 Å². The summed E-state index contributed by atoms with van der Waals surface area (Å²) in [4.78, 5) is 0. The van der Waals surface area contributed by atoms with Gasteiger partial charge in [0.1, 0.15) is 0 Å². The van der Waals surface area contributed by atoms with E-state index in [2.05, 4.69) is 18.2 Å². The zero-order chi connectivity index (χ0) is 6.91. The van der Waals surface area contributed by atoms with Crippen LogP contribution >= 0.6 is 0 Å². The second-order valence-corrected chi connectivity index (χ2v) is 17.0. The number of allylic oxidation sites excluding steroid dienone is 4. The highest BCUT2D eigenvalue weighted by molar-refractivity contribution is 6.61. The molecule has 0 nitrogen and oxygen atoms in total. The summed E-state index contributed by atoms with van der Waals surface area (Å²) in [7, 11) is 4.12. The summed E-state index contributed by atoms with van der Waals surface area (Å²) in [6.07, 6.45) is 8.20. The van der Waals surface area contributed by atoms with Crippen molar-refractivity contribution >= 4 is 30.7 Å². The number of hydrogen-bond acceptors (Lipinski definition) is 0. The maximum Gasteiger partial charge on any atom is 0.00731 e. The molecule has 0 fully saturated rings. The fourth-order valence-corrected chi connectivity index (χ4v) is 2.13. The molecular weight excluding hydrogens is 156 g/mol. The molecule has 0 radical (unpaired) electrons. The lowest BCUT2D eigenvalue weighted by molar-refractivity contribution is 1.30. The van der Waals surface area contributed by atoms with E-state index in [0.717, 1.165) is 4.28 Å². The summed E-state index contributed by atoms with van der Waals surface area (Å²) < 4.78 is 0.771. The Kier molecular flexibility index (Phi) is 1.93. The van der Waals surface area contributed by atoms with Crippen LogP contribution in [-0.4, -0.2) is 30.7 Å². The van der Waals surface area contributed by atoms with E-state index in [4.69, 9.17) is 0 Å². The van der Waals surface area contributed by atoms with Gasteiger partial charge in [0.2, 0.25) is 0 Å². The molecule has 3 heteroatoms. The van der Waals surface area contributed by atoms with Gasteiger partial charge in [-0.05, 0) is 10.7 Å². The molecule has 0 atom stereocenters. The van der Waals surface area contributed by atoms with Gasteiger partial charge < -0.3 is 0 Å². The van der Waals surface area contributed by atoms with Crippen molar-refractivity contribution in [2.45, 2.75) is 10.7 Å². The van der Waals surface area contributed by atoms with Crippen LogP contribution in [0.4, 0.5) is 0 Å². The molecule has 0 amide bonds. The molecule has 0 bridgehead atoms. The van der Waals surface area contributed by atoms with Crippen LogP contribution in [0.15, 0.2) is 23.8 Å². The van der Waals surface area contributed by atoms with Crippen LogP contribution in [0.3, 0.4) is 0 Å². The van der Waals surface area contributed by atoms with E-state index in [-0.39, 0.29) is 0 Å². The van der Waals surface area contributed by atoms with Gasteiger partial charge in [-0.25, -0.2) is 0 Å². The molecule has 0 N–H and O–H groups in total. The predicted octanol–water partition coefficient (Wildman–Crippen LogP) is -1.96. The summed E-state index contributed by atoms with van der Waals surface area (Å²) in [5.74, 6) is 0. The fourth-order valence-electron chi connectivity index (χ4n) is 1.01. The Morgan fingerprint density at radius 3 is 2.22 bits per heavy atom. The summed E-state index contributed by atoms with van der Waals surface area (Å²) in [5, 5.41) is 0. The molecule has 0 heterocycles. The summed E-state index contributed by atoms with van der Waals surface area (Å²) in [6, 6.07) is 0. The largest absolute Gasteiger partial charge is 0.0805 e. The normalized spacial score (nSPS) is 24.7. The molecule has 0 aromatic carbocycles. The fraction of sp³-hybridized carbons (Fsp3) is 0.333. The molecule has 9 heavy (non-hydrogen) atoms. The van der Waals surface area contributed by atoms with E-state index in [1.807, 2.05) is 0 Å². The molecule has 1 aliphatic rings. The Labute approximate surface area is 65.7 Å². The second-order valence-electron chi connectivity index (χ2n) is 3.55. The van der Waals surface area contributed by atoms with Crippen LogP contribution in [0.1, 0.15) is 6.42 Å². The quantitative estimate of drug-likeness (QED) is 0.401. The predicted molar refractivity (Wildman–Crippen MR) is 54.4 cm³/mol. The molecule has 0 aliphatic heterocycles. The minimum Gasteiger partial charge on any atom is -0.0805 e. The SMILES string of the molecule is [SiH3]C([SiH3])([SiH3])C1=CCC=C1. The Balaban J connectivity index is 2.73. The van der Waals surface area contributed by atoms with Crippen molar-refractivity contribution in [2.75, 3.05) is 0 Å². The lowest BCUT2D eigenvalue weighted by Crippen LogP contribution is -2.13. The topological polar surface area (TPSA) is 0 Å². The first-order chi connectivity index (χ1) is 4.11. The third-order valence-electron chi connectivity index (χ3n) is 1.64. The molecule has 0 saturated heterocycles. The first kappa shape index (κ1) is 7.24. The third-order valence-corrected chi connectivity index (χ3v) is 3.37. The first-order valence-electron chi connectivity index (χ1n) is 3.48. The van der Waals surface area contributed by atoms with Gasteiger partial charge in [0.05, 0.1) is 0 Å². The van der Waals surface area contributed by atoms with Crippen LogP contribution in [0.2, 0.25) is 4.28 Å². The molecule has 0 aromatic heterocycles. The molecule has 1 aliphatic carbocycles. The average Bonchev–Trinajstić information content (AvgIpc) is 2.08. The van der Waals surface area contributed by atoms with Gasteiger partial charge in [0.25, 0.3) is 0 Å². The minimum atomic E-state index is 0.771. The second kappa shape index (κ2) is 2.40. The Morgan fingerprint density at radius 1 is 1.33 bits per heavy atom. The molecule has 1 rings (SSSR count). The minimum absolute atomic E-state index is 0.771. The Morgan fingerprint density at radius 2 is 2.00 bits per heavy atom. The van der Waals surface area contributed by atoms with Crippen LogP contribution in [-0.2, 0) is 0 Å². The van der Waals surface area contributed by atoms with E-state index >= 15 is 0 Å². The van der Waals surface area contributed by atoms with Crippen molar-refractivity contribution in [3.63, 3.8) is 0 Å². The summed E-state index contributed by atoms with van der Waals surface area (Å²) in [6.45, 7) is 0. The van der Waals surface area contributed by atoms with E-state index in [0.29, 0.717) is 0 Å². The monoisotopic (exact) mass is 170 g/mol.